The first-order chi connectivity index (χ1) is 10.1. The first-order valence-electron chi connectivity index (χ1n) is 8.69. The fraction of sp³-hybridized carbons (Fsp3) is 0.684. The summed E-state index contributed by atoms with van der Waals surface area (Å²) in [5.74, 6) is 0. The van der Waals surface area contributed by atoms with Gasteiger partial charge in [0, 0.05) is 25.4 Å². The number of nitrogens with one attached hydrogen (secondary N) is 1. The summed E-state index contributed by atoms with van der Waals surface area (Å²) in [6.07, 6.45) is 6.30. The fourth-order valence-corrected chi connectivity index (χ4v) is 3.59. The van der Waals surface area contributed by atoms with E-state index >= 15 is 0 Å². The lowest BCUT2D eigenvalue weighted by Gasteiger charge is -2.41. The second kappa shape index (κ2) is 7.42. The number of nitrogens with zero attached hydrogens (tertiary/aromatic N) is 1. The van der Waals surface area contributed by atoms with Crippen molar-refractivity contribution in [2.45, 2.75) is 58.0 Å². The Balaban J connectivity index is 1.88. The molecule has 1 aliphatic carbocycles. The molecule has 1 aromatic carbocycles. The van der Waals surface area contributed by atoms with Gasteiger partial charge in [-0.1, -0.05) is 38.1 Å². The van der Waals surface area contributed by atoms with Gasteiger partial charge in [0.1, 0.15) is 0 Å². The number of aryl methyl sites for hydroxylation is 1. The average Bonchev–Trinajstić information content (AvgIpc) is 2.51. The molecular weight excluding hydrogens is 256 g/mol. The summed E-state index contributed by atoms with van der Waals surface area (Å²) in [6, 6.07) is 10.5. The summed E-state index contributed by atoms with van der Waals surface area (Å²) in [5, 5.41) is 3.72. The van der Waals surface area contributed by atoms with E-state index in [1.807, 2.05) is 0 Å². The minimum Gasteiger partial charge on any atom is -0.325 e. The van der Waals surface area contributed by atoms with Crippen molar-refractivity contribution >= 4 is 0 Å². The molecular formula is C19H33N2+. The molecule has 0 spiro atoms. The van der Waals surface area contributed by atoms with Crippen molar-refractivity contribution in [1.29, 1.82) is 0 Å². The molecule has 1 aliphatic rings. The molecule has 1 atom stereocenters. The van der Waals surface area contributed by atoms with Crippen molar-refractivity contribution in [3.05, 3.63) is 35.4 Å². The molecule has 0 amide bonds. The SMILES string of the molecule is CCC(CC)NCC[N+](C)(C)C1CCc2ccccc2C1. The molecule has 0 aliphatic heterocycles. The van der Waals surface area contributed by atoms with Crippen LogP contribution in [0.15, 0.2) is 24.3 Å². The second-order valence-corrected chi connectivity index (χ2v) is 7.14. The van der Waals surface area contributed by atoms with Crippen LogP contribution < -0.4 is 5.32 Å². The summed E-state index contributed by atoms with van der Waals surface area (Å²) >= 11 is 0. The summed E-state index contributed by atoms with van der Waals surface area (Å²) in [6.45, 7) is 6.92. The molecule has 0 bridgehead atoms. The quantitative estimate of drug-likeness (QED) is 0.759. The van der Waals surface area contributed by atoms with E-state index in [0.29, 0.717) is 6.04 Å². The smallest absolute Gasteiger partial charge is 0.0930 e. The maximum atomic E-state index is 3.72. The number of quaternary nitrogens is 1. The highest BCUT2D eigenvalue weighted by molar-refractivity contribution is 5.29. The first-order valence-corrected chi connectivity index (χ1v) is 8.69. The third kappa shape index (κ3) is 4.31. The molecule has 0 aromatic heterocycles. The normalized spacial score (nSPS) is 18.8. The van der Waals surface area contributed by atoms with Crippen molar-refractivity contribution in [2.24, 2.45) is 0 Å². The van der Waals surface area contributed by atoms with E-state index < -0.39 is 0 Å². The lowest BCUT2D eigenvalue weighted by atomic mass is 9.87. The van der Waals surface area contributed by atoms with Crippen molar-refractivity contribution < 1.29 is 4.48 Å². The fourth-order valence-electron chi connectivity index (χ4n) is 3.59. The van der Waals surface area contributed by atoms with Gasteiger partial charge >= 0.3 is 0 Å². The standard InChI is InChI=1S/C19H33N2/c1-5-18(6-2)20-13-14-21(3,4)19-12-11-16-9-7-8-10-17(16)15-19/h7-10,18-20H,5-6,11-15H2,1-4H3/q+1. The third-order valence-corrected chi connectivity index (χ3v) is 5.42. The predicted octanol–water partition coefficient (Wildman–Crippen LogP) is 3.40. The number of fused-ring (bicyclic) bond motifs is 1. The third-order valence-electron chi connectivity index (χ3n) is 5.42. The van der Waals surface area contributed by atoms with Gasteiger partial charge in [0.2, 0.25) is 0 Å². The van der Waals surface area contributed by atoms with Crippen molar-refractivity contribution in [3.63, 3.8) is 0 Å². The summed E-state index contributed by atoms with van der Waals surface area (Å²) in [4.78, 5) is 0. The zero-order valence-corrected chi connectivity index (χ0v) is 14.4. The minimum atomic E-state index is 0.692. The summed E-state index contributed by atoms with van der Waals surface area (Å²) < 4.78 is 1.14. The van der Waals surface area contributed by atoms with Crippen LogP contribution >= 0.6 is 0 Å². The Bertz CT molecular complexity index is 435. The molecule has 2 heteroatoms. The number of benzene rings is 1. The van der Waals surface area contributed by atoms with Crippen LogP contribution in [0.4, 0.5) is 0 Å². The Morgan fingerprint density at radius 1 is 1.14 bits per heavy atom. The molecule has 21 heavy (non-hydrogen) atoms. The molecule has 118 valence electrons. The van der Waals surface area contributed by atoms with Gasteiger partial charge in [0.15, 0.2) is 0 Å². The van der Waals surface area contributed by atoms with E-state index in [2.05, 4.69) is 57.5 Å². The van der Waals surface area contributed by atoms with Gasteiger partial charge in [0.25, 0.3) is 0 Å². The predicted molar refractivity (Wildman–Crippen MR) is 91.6 cm³/mol. The molecule has 0 saturated heterocycles. The van der Waals surface area contributed by atoms with Gasteiger partial charge < -0.3 is 9.80 Å². The van der Waals surface area contributed by atoms with E-state index in [4.69, 9.17) is 0 Å². The highest BCUT2D eigenvalue weighted by Crippen LogP contribution is 2.26. The van der Waals surface area contributed by atoms with Crippen molar-refractivity contribution in [1.82, 2.24) is 5.32 Å². The summed E-state index contributed by atoms with van der Waals surface area (Å²) in [5.41, 5.74) is 3.15. The average molecular weight is 289 g/mol. The molecule has 0 saturated carbocycles. The molecule has 1 aromatic rings. The van der Waals surface area contributed by atoms with Crippen LogP contribution in [0.5, 0.6) is 0 Å². The van der Waals surface area contributed by atoms with Crippen LogP contribution in [-0.4, -0.2) is 43.8 Å². The number of likely N-dealkylation sites (N-methyl/N-ethyl adjacent to an activating group) is 1. The van der Waals surface area contributed by atoms with Crippen LogP contribution in [0.2, 0.25) is 0 Å². The van der Waals surface area contributed by atoms with Crippen LogP contribution in [-0.2, 0) is 12.8 Å². The molecule has 1 N–H and O–H groups in total. The van der Waals surface area contributed by atoms with Gasteiger partial charge in [-0.3, -0.25) is 0 Å². The van der Waals surface area contributed by atoms with Gasteiger partial charge in [-0.2, -0.15) is 0 Å². The molecule has 1 unspecified atom stereocenters. The van der Waals surface area contributed by atoms with Gasteiger partial charge in [0.05, 0.1) is 26.7 Å². The highest BCUT2D eigenvalue weighted by Gasteiger charge is 2.31. The van der Waals surface area contributed by atoms with Crippen LogP contribution in [0.3, 0.4) is 0 Å². The number of rotatable bonds is 7. The van der Waals surface area contributed by atoms with E-state index in [0.717, 1.165) is 17.1 Å². The second-order valence-electron chi connectivity index (χ2n) is 7.14. The lowest BCUT2D eigenvalue weighted by molar-refractivity contribution is -0.914. The van der Waals surface area contributed by atoms with Crippen LogP contribution in [0.1, 0.15) is 44.2 Å². The molecule has 0 heterocycles. The molecule has 2 nitrogen and oxygen atoms in total. The van der Waals surface area contributed by atoms with E-state index in [1.165, 1.54) is 38.6 Å². The zero-order valence-electron chi connectivity index (χ0n) is 14.4. The van der Waals surface area contributed by atoms with Gasteiger partial charge in [-0.25, -0.2) is 0 Å². The zero-order chi connectivity index (χ0) is 15.3. The Hall–Kier alpha value is -0.860. The first kappa shape index (κ1) is 16.5. The number of hydrogen-bond donors (Lipinski definition) is 1. The van der Waals surface area contributed by atoms with Crippen molar-refractivity contribution in [2.75, 3.05) is 27.2 Å². The lowest BCUT2D eigenvalue weighted by Crippen LogP contribution is -2.54. The largest absolute Gasteiger partial charge is 0.325 e. The van der Waals surface area contributed by atoms with E-state index in [9.17, 15) is 0 Å². The van der Waals surface area contributed by atoms with Crippen LogP contribution in [0.25, 0.3) is 0 Å². The number of hydrogen-bond acceptors (Lipinski definition) is 1. The monoisotopic (exact) mass is 289 g/mol. The Labute approximate surface area is 131 Å². The highest BCUT2D eigenvalue weighted by atomic mass is 15.3. The minimum absolute atomic E-state index is 0.692. The summed E-state index contributed by atoms with van der Waals surface area (Å²) in [7, 11) is 4.82. The van der Waals surface area contributed by atoms with Gasteiger partial charge in [-0.15, -0.1) is 0 Å². The van der Waals surface area contributed by atoms with E-state index in [1.54, 1.807) is 11.1 Å². The maximum Gasteiger partial charge on any atom is 0.0930 e. The molecule has 0 radical (unpaired) electrons. The Morgan fingerprint density at radius 3 is 2.48 bits per heavy atom. The molecule has 0 fully saturated rings. The Morgan fingerprint density at radius 2 is 1.81 bits per heavy atom. The Kier molecular flexibility index (Phi) is 5.83. The van der Waals surface area contributed by atoms with Crippen LogP contribution in [0, 0.1) is 0 Å². The van der Waals surface area contributed by atoms with Crippen molar-refractivity contribution in [3.8, 4) is 0 Å². The van der Waals surface area contributed by atoms with Gasteiger partial charge in [-0.05, 0) is 30.4 Å². The topological polar surface area (TPSA) is 12.0 Å². The maximum absolute atomic E-state index is 3.72. The van der Waals surface area contributed by atoms with E-state index in [-0.39, 0.29) is 0 Å². The molecule has 2 rings (SSSR count).